The number of aliphatic carboxylic acids is 1. The van der Waals surface area contributed by atoms with Crippen molar-refractivity contribution in [3.8, 4) is 22.8 Å². The van der Waals surface area contributed by atoms with E-state index in [9.17, 15) is 14.0 Å². The second-order valence-corrected chi connectivity index (χ2v) is 11.9. The summed E-state index contributed by atoms with van der Waals surface area (Å²) in [4.78, 5) is 29.3. The molecule has 3 aromatic carbocycles. The van der Waals surface area contributed by atoms with Gasteiger partial charge in [0.25, 0.3) is 5.89 Å². The number of benzene rings is 3. The molecular formula is C32H37FN6O5S. The highest BCUT2D eigenvalue weighted by Gasteiger charge is 2.19. The second kappa shape index (κ2) is 15.0. The third-order valence-electron chi connectivity index (χ3n) is 6.63. The van der Waals surface area contributed by atoms with Gasteiger partial charge < -0.3 is 25.0 Å². The Labute approximate surface area is 266 Å². The van der Waals surface area contributed by atoms with Crippen molar-refractivity contribution in [3.63, 3.8) is 0 Å². The maximum atomic E-state index is 14.5. The normalized spacial score (nSPS) is 14.2. The summed E-state index contributed by atoms with van der Waals surface area (Å²) >= 11 is 4.32. The SMILES string of the molecule is CC(C)(C)OC(=O)Nc1ccc(-c2nc(-c3ccc(CC(N)C(=O)O)cc3F)no2)cc1.SN1CCN(c2ccccc2)CC1. The Bertz CT molecular complexity index is 1570. The fourth-order valence-corrected chi connectivity index (χ4v) is 4.55. The third-order valence-corrected chi connectivity index (χ3v) is 7.03. The van der Waals surface area contributed by atoms with E-state index in [1.165, 1.54) is 17.8 Å². The Morgan fingerprint density at radius 1 is 1.07 bits per heavy atom. The maximum absolute atomic E-state index is 14.5. The number of thiol groups is 1. The number of para-hydroxylation sites is 1. The van der Waals surface area contributed by atoms with Crippen LogP contribution in [0.4, 0.5) is 20.6 Å². The first-order valence-corrected chi connectivity index (χ1v) is 14.7. The predicted octanol–water partition coefficient (Wildman–Crippen LogP) is 5.50. The molecule has 13 heteroatoms. The highest BCUT2D eigenvalue weighted by molar-refractivity contribution is 7.77. The number of nitrogens with zero attached hydrogens (tertiary/aromatic N) is 4. The van der Waals surface area contributed by atoms with E-state index in [2.05, 4.69) is 67.8 Å². The van der Waals surface area contributed by atoms with Gasteiger partial charge in [-0.3, -0.25) is 10.1 Å². The number of amides is 1. The van der Waals surface area contributed by atoms with Crippen LogP contribution >= 0.6 is 12.8 Å². The summed E-state index contributed by atoms with van der Waals surface area (Å²) in [6.07, 6.45) is -0.582. The molecule has 1 aliphatic rings. The van der Waals surface area contributed by atoms with Crippen LogP contribution in [0.1, 0.15) is 26.3 Å². The van der Waals surface area contributed by atoms with Gasteiger partial charge in [-0.1, -0.05) is 42.2 Å². The number of nitrogens with two attached hydrogens (primary N) is 1. The number of carbonyl (C=O) groups excluding carboxylic acids is 1. The summed E-state index contributed by atoms with van der Waals surface area (Å²) in [5, 5.41) is 15.3. The van der Waals surface area contributed by atoms with Gasteiger partial charge in [0, 0.05) is 43.1 Å². The van der Waals surface area contributed by atoms with E-state index >= 15 is 0 Å². The maximum Gasteiger partial charge on any atom is 0.412 e. The Morgan fingerprint density at radius 3 is 2.33 bits per heavy atom. The van der Waals surface area contributed by atoms with Gasteiger partial charge >= 0.3 is 12.1 Å². The average Bonchev–Trinajstić information content (AvgIpc) is 3.48. The van der Waals surface area contributed by atoms with Crippen molar-refractivity contribution in [2.24, 2.45) is 5.73 Å². The van der Waals surface area contributed by atoms with Crippen LogP contribution in [-0.4, -0.2) is 69.4 Å². The molecular weight excluding hydrogens is 599 g/mol. The molecule has 11 nitrogen and oxygen atoms in total. The summed E-state index contributed by atoms with van der Waals surface area (Å²) in [7, 11) is 0. The average molecular weight is 637 g/mol. The number of hydrogen-bond donors (Lipinski definition) is 4. The molecule has 1 unspecified atom stereocenters. The molecule has 1 amide bonds. The van der Waals surface area contributed by atoms with Crippen molar-refractivity contribution in [2.75, 3.05) is 36.4 Å². The van der Waals surface area contributed by atoms with Gasteiger partial charge in [-0.2, -0.15) is 4.98 Å². The van der Waals surface area contributed by atoms with Gasteiger partial charge in [0.15, 0.2) is 0 Å². The monoisotopic (exact) mass is 636 g/mol. The molecule has 4 aromatic rings. The van der Waals surface area contributed by atoms with Crippen molar-refractivity contribution in [1.82, 2.24) is 14.4 Å². The van der Waals surface area contributed by atoms with E-state index in [0.29, 0.717) is 16.8 Å². The number of carbonyl (C=O) groups is 2. The van der Waals surface area contributed by atoms with Gasteiger partial charge in [0.2, 0.25) is 5.82 Å². The van der Waals surface area contributed by atoms with Crippen LogP contribution in [0.15, 0.2) is 77.3 Å². The topological polar surface area (TPSA) is 147 Å². The van der Waals surface area contributed by atoms with Crippen molar-refractivity contribution < 1.29 is 28.3 Å². The first kappa shape index (κ1) is 33.4. The Kier molecular flexibility index (Phi) is 11.2. The van der Waals surface area contributed by atoms with Gasteiger partial charge in [0.05, 0.1) is 5.56 Å². The van der Waals surface area contributed by atoms with E-state index in [1.807, 2.05) is 0 Å². The fourth-order valence-electron chi connectivity index (χ4n) is 4.37. The molecule has 5 rings (SSSR count). The van der Waals surface area contributed by atoms with Crippen molar-refractivity contribution in [2.45, 2.75) is 38.8 Å². The van der Waals surface area contributed by atoms with Crippen LogP contribution in [0.2, 0.25) is 0 Å². The molecule has 0 radical (unpaired) electrons. The molecule has 1 saturated heterocycles. The zero-order chi connectivity index (χ0) is 32.6. The predicted molar refractivity (Wildman–Crippen MR) is 174 cm³/mol. The number of hydrogen-bond acceptors (Lipinski definition) is 10. The molecule has 4 N–H and O–H groups in total. The molecule has 0 spiro atoms. The van der Waals surface area contributed by atoms with E-state index < -0.39 is 29.5 Å². The second-order valence-electron chi connectivity index (χ2n) is 11.4. The smallest absolute Gasteiger partial charge is 0.412 e. The van der Waals surface area contributed by atoms with Crippen molar-refractivity contribution in [3.05, 3.63) is 84.2 Å². The van der Waals surface area contributed by atoms with Crippen LogP contribution in [-0.2, 0) is 16.0 Å². The molecule has 238 valence electrons. The van der Waals surface area contributed by atoms with E-state index in [0.717, 1.165) is 26.2 Å². The minimum atomic E-state index is -1.16. The lowest BCUT2D eigenvalue weighted by atomic mass is 10.0. The van der Waals surface area contributed by atoms with E-state index in [-0.39, 0.29) is 23.7 Å². The van der Waals surface area contributed by atoms with E-state index in [1.54, 1.807) is 51.1 Å². The van der Waals surface area contributed by atoms with Crippen LogP contribution in [0.3, 0.4) is 0 Å². The standard InChI is InChI=1S/C22H23FN4O5.C10H14N2S/c1-22(2,3)31-21(30)25-14-7-5-13(6-8-14)19-26-18(27-32-19)15-9-4-12(10-16(15)23)11-17(24)20(28)29;13-12-8-6-11(7-9-12)10-4-2-1-3-5-10/h4-10,17H,11,24H2,1-3H3,(H,25,30)(H,28,29);1-5,13H,6-9H2. The number of anilines is 2. The van der Waals surface area contributed by atoms with Crippen LogP contribution in [0.5, 0.6) is 0 Å². The highest BCUT2D eigenvalue weighted by atomic mass is 32.1. The first-order valence-electron chi connectivity index (χ1n) is 14.3. The molecule has 0 aliphatic carbocycles. The minimum absolute atomic E-state index is 0.00624. The fraction of sp³-hybridized carbons (Fsp3) is 0.312. The number of aromatic nitrogens is 2. The molecule has 1 aromatic heterocycles. The first-order chi connectivity index (χ1) is 21.4. The van der Waals surface area contributed by atoms with Crippen molar-refractivity contribution in [1.29, 1.82) is 0 Å². The molecule has 1 aliphatic heterocycles. The number of halogens is 1. The van der Waals surface area contributed by atoms with Gasteiger partial charge in [-0.05, 0) is 81.3 Å². The molecule has 0 saturated carbocycles. The highest BCUT2D eigenvalue weighted by Crippen LogP contribution is 2.26. The van der Waals surface area contributed by atoms with Crippen LogP contribution in [0.25, 0.3) is 22.8 Å². The number of rotatable bonds is 7. The van der Waals surface area contributed by atoms with Crippen LogP contribution < -0.4 is 16.0 Å². The zero-order valence-corrected chi connectivity index (χ0v) is 26.2. The van der Waals surface area contributed by atoms with Gasteiger partial charge in [-0.25, -0.2) is 13.5 Å². The summed E-state index contributed by atoms with van der Waals surface area (Å²) in [5.41, 5.74) is 7.84. The van der Waals surface area contributed by atoms with Crippen molar-refractivity contribution >= 4 is 36.3 Å². The molecule has 0 bridgehead atoms. The number of nitrogens with one attached hydrogen (secondary N) is 1. The summed E-state index contributed by atoms with van der Waals surface area (Å²) in [6.45, 7) is 9.54. The summed E-state index contributed by atoms with van der Waals surface area (Å²) < 4.78 is 27.0. The van der Waals surface area contributed by atoms with Crippen LogP contribution in [0, 0.1) is 5.82 Å². The number of carboxylic acids is 1. The number of carboxylic acid groups (broad SMARTS) is 1. The molecule has 1 fully saturated rings. The lowest BCUT2D eigenvalue weighted by Gasteiger charge is -2.33. The lowest BCUT2D eigenvalue weighted by Crippen LogP contribution is -2.42. The summed E-state index contributed by atoms with van der Waals surface area (Å²) in [5.74, 6) is -1.57. The zero-order valence-electron chi connectivity index (χ0n) is 25.3. The Balaban J connectivity index is 0.000000293. The third kappa shape index (κ3) is 10.0. The molecule has 45 heavy (non-hydrogen) atoms. The van der Waals surface area contributed by atoms with Gasteiger partial charge in [-0.15, -0.1) is 0 Å². The minimum Gasteiger partial charge on any atom is -0.480 e. The van der Waals surface area contributed by atoms with E-state index in [4.69, 9.17) is 20.1 Å². The summed E-state index contributed by atoms with van der Waals surface area (Å²) in [6, 6.07) is 20.2. The molecule has 2 heterocycles. The largest absolute Gasteiger partial charge is 0.480 e. The quantitative estimate of drug-likeness (QED) is 0.192. The van der Waals surface area contributed by atoms with Gasteiger partial charge in [0.1, 0.15) is 17.5 Å². The molecule has 1 atom stereocenters. The Morgan fingerprint density at radius 2 is 1.73 bits per heavy atom. The number of piperazine rings is 1. The number of ether oxygens (including phenoxy) is 1. The Hall–Kier alpha value is -4.46. The lowest BCUT2D eigenvalue weighted by molar-refractivity contribution is -0.138.